The van der Waals surface area contributed by atoms with E-state index in [1.54, 1.807) is 12.1 Å². The van der Waals surface area contributed by atoms with Crippen molar-refractivity contribution in [3.63, 3.8) is 0 Å². The van der Waals surface area contributed by atoms with Crippen LogP contribution in [-0.4, -0.2) is 12.1 Å². The molecule has 0 aliphatic rings. The topological polar surface area (TPSA) is 54.6 Å². The van der Waals surface area contributed by atoms with Gasteiger partial charge in [0.2, 0.25) is 0 Å². The van der Waals surface area contributed by atoms with Crippen molar-refractivity contribution in [1.82, 2.24) is 5.43 Å². The SMILES string of the molecule is O=C(N/N=C\c1cc(Br)c(Br)o1)c1ccc(Cl)cc1Cl. The van der Waals surface area contributed by atoms with Crippen LogP contribution in [0.4, 0.5) is 0 Å². The molecule has 1 N–H and O–H groups in total. The Bertz CT molecular complexity index is 667. The number of amides is 1. The minimum Gasteiger partial charge on any atom is -0.447 e. The molecule has 0 saturated heterocycles. The quantitative estimate of drug-likeness (QED) is 0.546. The molecule has 0 aliphatic heterocycles. The molecule has 1 aromatic heterocycles. The largest absolute Gasteiger partial charge is 0.447 e. The standard InChI is InChI=1S/C12H6Br2Cl2N2O2/c13-9-4-7(20-11(9)14)5-17-18-12(19)8-2-1-6(15)3-10(8)16/h1-5H,(H,18,19)/b17-5-. The van der Waals surface area contributed by atoms with Gasteiger partial charge in [0.15, 0.2) is 4.67 Å². The van der Waals surface area contributed by atoms with Crippen LogP contribution in [0.5, 0.6) is 0 Å². The Balaban J connectivity index is 2.05. The van der Waals surface area contributed by atoms with E-state index in [0.29, 0.717) is 15.5 Å². The van der Waals surface area contributed by atoms with E-state index in [-0.39, 0.29) is 10.6 Å². The van der Waals surface area contributed by atoms with Gasteiger partial charge in [0, 0.05) is 11.1 Å². The molecule has 0 spiro atoms. The molecule has 1 heterocycles. The number of carbonyl (C=O) groups is 1. The summed E-state index contributed by atoms with van der Waals surface area (Å²) in [5.41, 5.74) is 2.64. The van der Waals surface area contributed by atoms with Crippen molar-refractivity contribution in [3.8, 4) is 0 Å². The van der Waals surface area contributed by atoms with Crippen molar-refractivity contribution in [1.29, 1.82) is 0 Å². The average Bonchev–Trinajstić information content (AvgIpc) is 2.68. The number of nitrogens with one attached hydrogen (secondary N) is 1. The molecule has 1 amide bonds. The second-order valence-electron chi connectivity index (χ2n) is 3.59. The first-order chi connectivity index (χ1) is 9.47. The van der Waals surface area contributed by atoms with Crippen LogP contribution in [0.3, 0.4) is 0 Å². The molecule has 20 heavy (non-hydrogen) atoms. The Morgan fingerprint density at radius 2 is 2.05 bits per heavy atom. The summed E-state index contributed by atoms with van der Waals surface area (Å²) in [6.45, 7) is 0. The van der Waals surface area contributed by atoms with E-state index in [2.05, 4.69) is 42.4 Å². The molecule has 104 valence electrons. The van der Waals surface area contributed by atoms with Gasteiger partial charge in [-0.2, -0.15) is 5.10 Å². The number of hydrogen-bond acceptors (Lipinski definition) is 3. The lowest BCUT2D eigenvalue weighted by atomic mass is 10.2. The average molecular weight is 441 g/mol. The number of furan rings is 1. The number of benzene rings is 1. The Morgan fingerprint density at radius 1 is 1.30 bits per heavy atom. The molecule has 1 aromatic carbocycles. The van der Waals surface area contributed by atoms with Gasteiger partial charge in [-0.25, -0.2) is 5.43 Å². The fourth-order valence-electron chi connectivity index (χ4n) is 1.32. The van der Waals surface area contributed by atoms with E-state index in [0.717, 1.165) is 4.47 Å². The molecule has 0 fully saturated rings. The van der Waals surface area contributed by atoms with Crippen molar-refractivity contribution in [2.75, 3.05) is 0 Å². The molecule has 2 rings (SSSR count). The molecule has 0 atom stereocenters. The number of carbonyl (C=O) groups excluding carboxylic acids is 1. The van der Waals surface area contributed by atoms with Gasteiger partial charge in [-0.1, -0.05) is 23.2 Å². The smallest absolute Gasteiger partial charge is 0.272 e. The maximum absolute atomic E-state index is 11.8. The van der Waals surface area contributed by atoms with Gasteiger partial charge >= 0.3 is 0 Å². The van der Waals surface area contributed by atoms with E-state index >= 15 is 0 Å². The number of rotatable bonds is 3. The fourth-order valence-corrected chi connectivity index (χ4v) is 2.42. The van der Waals surface area contributed by atoms with Gasteiger partial charge in [-0.3, -0.25) is 4.79 Å². The molecule has 2 aromatic rings. The maximum Gasteiger partial charge on any atom is 0.272 e. The second kappa shape index (κ2) is 6.76. The predicted molar refractivity (Wildman–Crippen MR) is 85.6 cm³/mol. The first-order valence-corrected chi connectivity index (χ1v) is 7.55. The van der Waals surface area contributed by atoms with Crippen LogP contribution in [0, 0.1) is 0 Å². The highest BCUT2D eigenvalue weighted by molar-refractivity contribution is 9.13. The predicted octanol–water partition coefficient (Wildman–Crippen LogP) is 4.88. The normalized spacial score (nSPS) is 11.0. The third-order valence-corrected chi connectivity index (χ3v) is 4.46. The molecule has 0 aliphatic carbocycles. The van der Waals surface area contributed by atoms with Gasteiger partial charge in [-0.15, -0.1) is 0 Å². The van der Waals surface area contributed by atoms with E-state index in [1.165, 1.54) is 18.3 Å². The summed E-state index contributed by atoms with van der Waals surface area (Å²) in [5.74, 6) is 0.0406. The zero-order valence-electron chi connectivity index (χ0n) is 9.66. The van der Waals surface area contributed by atoms with Crippen LogP contribution in [0.1, 0.15) is 16.1 Å². The van der Waals surface area contributed by atoms with Gasteiger partial charge in [-0.05, 0) is 50.1 Å². The third kappa shape index (κ3) is 3.85. The minimum atomic E-state index is -0.437. The summed E-state index contributed by atoms with van der Waals surface area (Å²) in [4.78, 5) is 11.8. The second-order valence-corrected chi connectivity index (χ2v) is 6.01. The summed E-state index contributed by atoms with van der Waals surface area (Å²) < 4.78 is 6.57. The molecule has 8 heteroatoms. The molecule has 0 unspecified atom stereocenters. The van der Waals surface area contributed by atoms with Crippen molar-refractivity contribution < 1.29 is 9.21 Å². The molecule has 0 bridgehead atoms. The summed E-state index contributed by atoms with van der Waals surface area (Å²) in [7, 11) is 0. The monoisotopic (exact) mass is 438 g/mol. The van der Waals surface area contributed by atoms with Crippen LogP contribution in [0.2, 0.25) is 10.0 Å². The van der Waals surface area contributed by atoms with E-state index < -0.39 is 5.91 Å². The molecule has 0 radical (unpaired) electrons. The summed E-state index contributed by atoms with van der Waals surface area (Å²) in [6, 6.07) is 6.29. The summed E-state index contributed by atoms with van der Waals surface area (Å²) in [6.07, 6.45) is 1.37. The molecular formula is C12H6Br2Cl2N2O2. The minimum absolute atomic E-state index is 0.258. The number of halogens is 4. The highest BCUT2D eigenvalue weighted by Gasteiger charge is 2.10. The highest BCUT2D eigenvalue weighted by Crippen LogP contribution is 2.25. The first kappa shape index (κ1) is 15.6. The lowest BCUT2D eigenvalue weighted by Crippen LogP contribution is -2.17. The summed E-state index contributed by atoms with van der Waals surface area (Å²) in [5, 5.41) is 4.50. The number of hydrazone groups is 1. The lowest BCUT2D eigenvalue weighted by Gasteiger charge is -2.02. The van der Waals surface area contributed by atoms with Crippen molar-refractivity contribution in [3.05, 3.63) is 54.8 Å². The highest BCUT2D eigenvalue weighted by atomic mass is 79.9. The van der Waals surface area contributed by atoms with E-state index in [4.69, 9.17) is 27.6 Å². The van der Waals surface area contributed by atoms with Crippen LogP contribution in [0.25, 0.3) is 0 Å². The fraction of sp³-hybridized carbons (Fsp3) is 0. The Morgan fingerprint density at radius 3 is 2.65 bits per heavy atom. The molecule has 4 nitrogen and oxygen atoms in total. The summed E-state index contributed by atoms with van der Waals surface area (Å²) >= 11 is 18.1. The maximum atomic E-state index is 11.8. The van der Waals surface area contributed by atoms with Crippen LogP contribution in [-0.2, 0) is 0 Å². The van der Waals surface area contributed by atoms with E-state index in [1.807, 2.05) is 0 Å². The van der Waals surface area contributed by atoms with Gasteiger partial charge in [0.05, 0.1) is 21.3 Å². The molecule has 0 saturated carbocycles. The van der Waals surface area contributed by atoms with Crippen molar-refractivity contribution in [2.24, 2.45) is 5.10 Å². The van der Waals surface area contributed by atoms with Crippen LogP contribution in [0.15, 0.2) is 42.9 Å². The first-order valence-electron chi connectivity index (χ1n) is 5.20. The van der Waals surface area contributed by atoms with Crippen molar-refractivity contribution in [2.45, 2.75) is 0 Å². The number of nitrogens with zero attached hydrogens (tertiary/aromatic N) is 1. The van der Waals surface area contributed by atoms with Crippen LogP contribution < -0.4 is 5.43 Å². The van der Waals surface area contributed by atoms with Crippen LogP contribution >= 0.6 is 55.1 Å². The van der Waals surface area contributed by atoms with Gasteiger partial charge < -0.3 is 4.42 Å². The zero-order chi connectivity index (χ0) is 14.7. The third-order valence-electron chi connectivity index (χ3n) is 2.20. The van der Waals surface area contributed by atoms with Gasteiger partial charge in [0.25, 0.3) is 5.91 Å². The van der Waals surface area contributed by atoms with Crippen molar-refractivity contribution >= 4 is 67.2 Å². The van der Waals surface area contributed by atoms with E-state index in [9.17, 15) is 4.79 Å². The Hall–Kier alpha value is -0.820. The number of hydrogen-bond donors (Lipinski definition) is 1. The Labute approximate surface area is 141 Å². The molecular weight excluding hydrogens is 435 g/mol. The Kier molecular flexibility index (Phi) is 5.26. The zero-order valence-corrected chi connectivity index (χ0v) is 14.3. The lowest BCUT2D eigenvalue weighted by molar-refractivity contribution is 0.0955. The van der Waals surface area contributed by atoms with Gasteiger partial charge in [0.1, 0.15) is 5.76 Å².